The largest absolute Gasteiger partial charge is 0.324 e. The van der Waals surface area contributed by atoms with E-state index in [9.17, 15) is 4.79 Å². The van der Waals surface area contributed by atoms with Crippen molar-refractivity contribution >= 4 is 27.8 Å². The number of rotatable bonds is 1. The molecule has 2 heterocycles. The van der Waals surface area contributed by atoms with Crippen LogP contribution in [0.1, 0.15) is 19.8 Å². The van der Waals surface area contributed by atoms with Crippen molar-refractivity contribution in [2.45, 2.75) is 19.8 Å². The van der Waals surface area contributed by atoms with Crippen molar-refractivity contribution in [2.75, 3.05) is 18.4 Å². The number of carbonyl (C=O) groups excluding carboxylic acids is 1. The Hall–Kier alpha value is -1.10. The lowest BCUT2D eigenvalue weighted by molar-refractivity contribution is 0.186. The van der Waals surface area contributed by atoms with Gasteiger partial charge in [0.1, 0.15) is 10.4 Å². The van der Waals surface area contributed by atoms with Crippen LogP contribution in [0.3, 0.4) is 0 Å². The van der Waals surface area contributed by atoms with Gasteiger partial charge in [0.25, 0.3) is 0 Å². The minimum atomic E-state index is -0.0532. The van der Waals surface area contributed by atoms with Crippen molar-refractivity contribution in [1.29, 1.82) is 0 Å². The van der Waals surface area contributed by atoms with E-state index in [1.807, 2.05) is 17.0 Å². The van der Waals surface area contributed by atoms with Crippen molar-refractivity contribution in [3.63, 3.8) is 0 Å². The van der Waals surface area contributed by atoms with Gasteiger partial charge < -0.3 is 4.90 Å². The van der Waals surface area contributed by atoms with Crippen molar-refractivity contribution in [3.05, 3.63) is 22.8 Å². The first kappa shape index (κ1) is 12.4. The molecule has 5 heteroatoms. The number of nitrogens with one attached hydrogen (secondary N) is 1. The summed E-state index contributed by atoms with van der Waals surface area (Å²) in [6.07, 6.45) is 2.17. The van der Waals surface area contributed by atoms with Crippen LogP contribution in [0.25, 0.3) is 0 Å². The number of hydrogen-bond donors (Lipinski definition) is 1. The lowest BCUT2D eigenvalue weighted by atomic mass is 10.00. The molecule has 1 aliphatic heterocycles. The molecule has 1 aromatic rings. The molecule has 0 unspecified atom stereocenters. The van der Waals surface area contributed by atoms with Crippen LogP contribution in [-0.4, -0.2) is 29.0 Å². The fourth-order valence-corrected chi connectivity index (χ4v) is 2.22. The monoisotopic (exact) mass is 297 g/mol. The maximum Gasteiger partial charge on any atom is 0.323 e. The molecular weight excluding hydrogens is 282 g/mol. The molecule has 0 saturated carbocycles. The molecule has 1 saturated heterocycles. The average molecular weight is 298 g/mol. The van der Waals surface area contributed by atoms with Gasteiger partial charge in [-0.15, -0.1) is 0 Å². The van der Waals surface area contributed by atoms with Crippen LogP contribution < -0.4 is 5.32 Å². The van der Waals surface area contributed by atoms with Gasteiger partial charge in [-0.2, -0.15) is 0 Å². The molecule has 17 heavy (non-hydrogen) atoms. The zero-order valence-electron chi connectivity index (χ0n) is 9.82. The van der Waals surface area contributed by atoms with Crippen LogP contribution in [0.2, 0.25) is 0 Å². The van der Waals surface area contributed by atoms with Gasteiger partial charge in [0.2, 0.25) is 0 Å². The lowest BCUT2D eigenvalue weighted by Crippen LogP contribution is -2.40. The van der Waals surface area contributed by atoms with E-state index in [2.05, 4.69) is 33.2 Å². The van der Waals surface area contributed by atoms with E-state index in [4.69, 9.17) is 0 Å². The number of likely N-dealkylation sites (tertiary alicyclic amines) is 1. The maximum atomic E-state index is 11.9. The van der Waals surface area contributed by atoms with Gasteiger partial charge in [0, 0.05) is 13.1 Å². The number of hydrogen-bond acceptors (Lipinski definition) is 2. The summed E-state index contributed by atoms with van der Waals surface area (Å²) < 4.78 is 0.725. The van der Waals surface area contributed by atoms with Gasteiger partial charge in [0.05, 0.1) is 0 Å². The van der Waals surface area contributed by atoms with E-state index in [0.717, 1.165) is 36.5 Å². The molecule has 1 fully saturated rings. The zero-order valence-corrected chi connectivity index (χ0v) is 11.4. The average Bonchev–Trinajstić information content (AvgIpc) is 2.29. The molecule has 0 aliphatic carbocycles. The Morgan fingerprint density at radius 3 is 2.82 bits per heavy atom. The highest BCUT2D eigenvalue weighted by Crippen LogP contribution is 2.17. The maximum absolute atomic E-state index is 11.9. The fourth-order valence-electron chi connectivity index (χ4n) is 1.88. The van der Waals surface area contributed by atoms with E-state index >= 15 is 0 Å². The number of anilines is 1. The van der Waals surface area contributed by atoms with Gasteiger partial charge >= 0.3 is 6.03 Å². The summed E-state index contributed by atoms with van der Waals surface area (Å²) in [7, 11) is 0. The molecule has 1 aromatic heterocycles. The van der Waals surface area contributed by atoms with Gasteiger partial charge in [-0.3, -0.25) is 5.32 Å². The van der Waals surface area contributed by atoms with Crippen LogP contribution >= 0.6 is 15.9 Å². The predicted molar refractivity (Wildman–Crippen MR) is 70.9 cm³/mol. The number of nitrogens with zero attached hydrogens (tertiary/aromatic N) is 2. The Bertz CT molecular complexity index is 402. The van der Waals surface area contributed by atoms with Gasteiger partial charge in [0.15, 0.2) is 0 Å². The Morgan fingerprint density at radius 2 is 2.18 bits per heavy atom. The van der Waals surface area contributed by atoms with Crippen molar-refractivity contribution in [1.82, 2.24) is 9.88 Å². The van der Waals surface area contributed by atoms with E-state index < -0.39 is 0 Å². The van der Waals surface area contributed by atoms with Crippen LogP contribution in [-0.2, 0) is 0 Å². The molecular formula is C12H16BrN3O. The second-order valence-electron chi connectivity index (χ2n) is 4.45. The zero-order chi connectivity index (χ0) is 12.3. The number of aromatic nitrogens is 1. The highest BCUT2D eigenvalue weighted by Gasteiger charge is 2.20. The fraction of sp³-hybridized carbons (Fsp3) is 0.500. The van der Waals surface area contributed by atoms with Crippen LogP contribution in [0.15, 0.2) is 22.8 Å². The van der Waals surface area contributed by atoms with Crippen molar-refractivity contribution in [3.8, 4) is 0 Å². The van der Waals surface area contributed by atoms with E-state index in [1.165, 1.54) is 0 Å². The highest BCUT2D eigenvalue weighted by molar-refractivity contribution is 9.10. The molecule has 92 valence electrons. The molecule has 1 N–H and O–H groups in total. The smallest absolute Gasteiger partial charge is 0.323 e. The normalized spacial score (nSPS) is 16.9. The predicted octanol–water partition coefficient (Wildman–Crippen LogP) is 3.11. The summed E-state index contributed by atoms with van der Waals surface area (Å²) >= 11 is 3.28. The first-order valence-electron chi connectivity index (χ1n) is 5.83. The number of amides is 2. The quantitative estimate of drug-likeness (QED) is 0.810. The molecule has 0 atom stereocenters. The molecule has 0 bridgehead atoms. The van der Waals surface area contributed by atoms with E-state index in [-0.39, 0.29) is 6.03 Å². The Kier molecular flexibility index (Phi) is 3.99. The minimum Gasteiger partial charge on any atom is -0.324 e. The van der Waals surface area contributed by atoms with E-state index in [1.54, 1.807) is 6.07 Å². The summed E-state index contributed by atoms with van der Waals surface area (Å²) in [5.74, 6) is 1.31. The third-order valence-electron chi connectivity index (χ3n) is 3.02. The summed E-state index contributed by atoms with van der Waals surface area (Å²) in [5, 5.41) is 2.81. The molecule has 0 aromatic carbocycles. The summed E-state index contributed by atoms with van der Waals surface area (Å²) in [6.45, 7) is 3.90. The van der Waals surface area contributed by atoms with Gasteiger partial charge in [-0.25, -0.2) is 9.78 Å². The number of halogens is 1. The highest BCUT2D eigenvalue weighted by atomic mass is 79.9. The van der Waals surface area contributed by atoms with E-state index in [0.29, 0.717) is 5.82 Å². The number of piperidine rings is 1. The second kappa shape index (κ2) is 5.49. The van der Waals surface area contributed by atoms with Crippen molar-refractivity contribution < 1.29 is 4.79 Å². The number of urea groups is 1. The van der Waals surface area contributed by atoms with Crippen molar-refractivity contribution in [2.24, 2.45) is 5.92 Å². The third-order valence-corrected chi connectivity index (χ3v) is 3.46. The van der Waals surface area contributed by atoms with Crippen LogP contribution in [0.5, 0.6) is 0 Å². The van der Waals surface area contributed by atoms with Gasteiger partial charge in [-0.05, 0) is 46.8 Å². The minimum absolute atomic E-state index is 0.0532. The summed E-state index contributed by atoms with van der Waals surface area (Å²) in [5.41, 5.74) is 0. The molecule has 1 aliphatic rings. The first-order valence-corrected chi connectivity index (χ1v) is 6.63. The Morgan fingerprint density at radius 1 is 1.47 bits per heavy atom. The SMILES string of the molecule is CC1CCN(C(=O)Nc2cccc(Br)n2)CC1. The van der Waals surface area contributed by atoms with Crippen LogP contribution in [0, 0.1) is 5.92 Å². The molecule has 2 rings (SSSR count). The topological polar surface area (TPSA) is 45.2 Å². The first-order chi connectivity index (χ1) is 8.15. The Balaban J connectivity index is 1.93. The molecule has 2 amide bonds. The standard InChI is InChI=1S/C12H16BrN3O/c1-9-5-7-16(8-6-9)12(17)15-11-4-2-3-10(13)14-11/h2-4,9H,5-8H2,1H3,(H,14,15,17). The molecule has 0 radical (unpaired) electrons. The summed E-state index contributed by atoms with van der Waals surface area (Å²) in [4.78, 5) is 18.0. The van der Waals surface area contributed by atoms with Crippen LogP contribution in [0.4, 0.5) is 10.6 Å². The number of carbonyl (C=O) groups is 1. The third kappa shape index (κ3) is 3.43. The second-order valence-corrected chi connectivity index (χ2v) is 5.26. The Labute approximate surface area is 110 Å². The number of pyridine rings is 1. The lowest BCUT2D eigenvalue weighted by Gasteiger charge is -2.30. The van der Waals surface area contributed by atoms with Gasteiger partial charge in [-0.1, -0.05) is 13.0 Å². The molecule has 0 spiro atoms. The molecule has 4 nitrogen and oxygen atoms in total. The summed E-state index contributed by atoms with van der Waals surface area (Å²) in [6, 6.07) is 5.42.